The second-order valence-electron chi connectivity index (χ2n) is 6.04. The largest absolute Gasteiger partial charge is 0.378 e. The highest BCUT2D eigenvalue weighted by molar-refractivity contribution is 7.90. The first-order valence-electron chi connectivity index (χ1n) is 8.17. The Balaban J connectivity index is 1.72. The molecule has 0 aromatic heterocycles. The molecule has 1 aromatic carbocycles. The molecule has 0 radical (unpaired) electrons. The number of carbonyl (C=O) groups excluding carboxylic acids is 1. The molecule has 1 amide bonds. The summed E-state index contributed by atoms with van der Waals surface area (Å²) in [5.74, 6) is -0.256. The van der Waals surface area contributed by atoms with Crippen molar-refractivity contribution in [3.05, 3.63) is 29.8 Å². The van der Waals surface area contributed by atoms with Crippen molar-refractivity contribution in [2.24, 2.45) is 0 Å². The molecule has 2 rings (SSSR count). The van der Waals surface area contributed by atoms with E-state index >= 15 is 0 Å². The van der Waals surface area contributed by atoms with Gasteiger partial charge in [0.25, 0.3) is 5.91 Å². The van der Waals surface area contributed by atoms with Crippen molar-refractivity contribution in [3.8, 4) is 0 Å². The molecule has 0 aliphatic heterocycles. The summed E-state index contributed by atoms with van der Waals surface area (Å²) in [5.41, 5.74) is 0.362. The summed E-state index contributed by atoms with van der Waals surface area (Å²) in [6.45, 7) is 1.17. The number of hydrogen-bond donors (Lipinski definition) is 1. The highest BCUT2D eigenvalue weighted by Gasteiger charge is 2.14. The van der Waals surface area contributed by atoms with Crippen LogP contribution in [0.15, 0.2) is 29.2 Å². The molecule has 1 saturated carbocycles. The first-order chi connectivity index (χ1) is 11.0. The Morgan fingerprint density at radius 3 is 2.70 bits per heavy atom. The molecule has 128 valence electrons. The number of carbonyl (C=O) groups is 1. The van der Waals surface area contributed by atoms with E-state index in [0.717, 1.165) is 25.5 Å². The zero-order valence-electron chi connectivity index (χ0n) is 13.6. The molecule has 1 N–H and O–H groups in total. The van der Waals surface area contributed by atoms with E-state index in [1.165, 1.54) is 31.4 Å². The lowest BCUT2D eigenvalue weighted by Gasteiger charge is -2.21. The van der Waals surface area contributed by atoms with E-state index in [-0.39, 0.29) is 10.8 Å². The van der Waals surface area contributed by atoms with Gasteiger partial charge >= 0.3 is 0 Å². The SMILES string of the molecule is CS(=O)(=O)c1cccc(C(=O)NCCCOC2CCCCC2)c1. The highest BCUT2D eigenvalue weighted by atomic mass is 32.2. The Labute approximate surface area is 138 Å². The van der Waals surface area contributed by atoms with E-state index < -0.39 is 9.84 Å². The first kappa shape index (κ1) is 17.9. The lowest BCUT2D eigenvalue weighted by Crippen LogP contribution is -2.26. The van der Waals surface area contributed by atoms with Gasteiger partial charge in [-0.25, -0.2) is 8.42 Å². The van der Waals surface area contributed by atoms with Gasteiger partial charge in [-0.3, -0.25) is 4.79 Å². The van der Waals surface area contributed by atoms with Crippen molar-refractivity contribution in [2.45, 2.75) is 49.5 Å². The third-order valence-electron chi connectivity index (χ3n) is 4.04. The molecule has 1 aliphatic carbocycles. The zero-order chi connectivity index (χ0) is 16.7. The van der Waals surface area contributed by atoms with Gasteiger partial charge in [0, 0.05) is 25.0 Å². The molecule has 1 fully saturated rings. The standard InChI is InChI=1S/C17H25NO4S/c1-23(20,21)16-10-5-7-14(13-16)17(19)18-11-6-12-22-15-8-3-2-4-9-15/h5,7,10,13,15H,2-4,6,8-9,11-12H2,1H3,(H,18,19). The monoisotopic (exact) mass is 339 g/mol. The maximum Gasteiger partial charge on any atom is 0.251 e. The predicted molar refractivity (Wildman–Crippen MR) is 89.3 cm³/mol. The van der Waals surface area contributed by atoms with Gasteiger partial charge in [-0.2, -0.15) is 0 Å². The summed E-state index contributed by atoms with van der Waals surface area (Å²) in [6.07, 6.45) is 8.36. The molecule has 23 heavy (non-hydrogen) atoms. The number of sulfone groups is 1. The molecule has 0 saturated heterocycles. The van der Waals surface area contributed by atoms with Gasteiger partial charge in [-0.15, -0.1) is 0 Å². The van der Waals surface area contributed by atoms with Crippen molar-refractivity contribution in [3.63, 3.8) is 0 Å². The summed E-state index contributed by atoms with van der Waals surface area (Å²) in [7, 11) is -3.30. The molecule has 1 aromatic rings. The van der Waals surface area contributed by atoms with Crippen LogP contribution in [0.1, 0.15) is 48.9 Å². The van der Waals surface area contributed by atoms with Crippen molar-refractivity contribution in [1.29, 1.82) is 0 Å². The number of nitrogens with one attached hydrogen (secondary N) is 1. The van der Waals surface area contributed by atoms with Crippen LogP contribution >= 0.6 is 0 Å². The molecule has 0 heterocycles. The zero-order valence-corrected chi connectivity index (χ0v) is 14.4. The summed E-state index contributed by atoms with van der Waals surface area (Å²) in [6, 6.07) is 6.09. The van der Waals surface area contributed by atoms with E-state index in [4.69, 9.17) is 4.74 Å². The average Bonchev–Trinajstić information content (AvgIpc) is 2.54. The lowest BCUT2D eigenvalue weighted by molar-refractivity contribution is 0.0273. The summed E-state index contributed by atoms with van der Waals surface area (Å²) in [4.78, 5) is 12.2. The molecule has 0 spiro atoms. The molecule has 0 unspecified atom stereocenters. The van der Waals surface area contributed by atoms with Crippen molar-refractivity contribution >= 4 is 15.7 Å². The van der Waals surface area contributed by atoms with Gasteiger partial charge in [-0.1, -0.05) is 25.3 Å². The van der Waals surface area contributed by atoms with E-state index in [1.54, 1.807) is 12.1 Å². The van der Waals surface area contributed by atoms with E-state index in [2.05, 4.69) is 5.32 Å². The minimum Gasteiger partial charge on any atom is -0.378 e. The maximum absolute atomic E-state index is 12.0. The van der Waals surface area contributed by atoms with Crippen LogP contribution in [0.4, 0.5) is 0 Å². The quantitative estimate of drug-likeness (QED) is 0.775. The molecule has 5 nitrogen and oxygen atoms in total. The Kier molecular flexibility index (Phi) is 6.59. The maximum atomic E-state index is 12.0. The number of benzene rings is 1. The van der Waals surface area contributed by atoms with Gasteiger partial charge in [0.05, 0.1) is 11.0 Å². The Bertz CT molecular complexity index is 621. The Morgan fingerprint density at radius 1 is 1.26 bits per heavy atom. The fourth-order valence-corrected chi connectivity index (χ4v) is 3.39. The van der Waals surface area contributed by atoms with E-state index in [1.807, 2.05) is 0 Å². The second-order valence-corrected chi connectivity index (χ2v) is 8.06. The topological polar surface area (TPSA) is 72.5 Å². The van der Waals surface area contributed by atoms with Crippen LogP contribution in [0.3, 0.4) is 0 Å². The molecule has 6 heteroatoms. The van der Waals surface area contributed by atoms with Gasteiger partial charge in [0.2, 0.25) is 0 Å². The van der Waals surface area contributed by atoms with Gasteiger partial charge in [0.15, 0.2) is 9.84 Å². The number of rotatable bonds is 7. The smallest absolute Gasteiger partial charge is 0.251 e. The van der Waals surface area contributed by atoms with Crippen LogP contribution in [0.2, 0.25) is 0 Å². The molecular formula is C17H25NO4S. The van der Waals surface area contributed by atoms with Crippen LogP contribution in [-0.4, -0.2) is 39.8 Å². The fraction of sp³-hybridized carbons (Fsp3) is 0.588. The van der Waals surface area contributed by atoms with Crippen molar-refractivity contribution in [2.75, 3.05) is 19.4 Å². The predicted octanol–water partition coefficient (Wildman–Crippen LogP) is 2.56. The Hall–Kier alpha value is -1.40. The minimum atomic E-state index is -3.30. The molecule has 0 bridgehead atoms. The second kappa shape index (κ2) is 8.45. The van der Waals surface area contributed by atoms with Gasteiger partial charge in [0.1, 0.15) is 0 Å². The minimum absolute atomic E-state index is 0.158. The van der Waals surface area contributed by atoms with Crippen LogP contribution < -0.4 is 5.32 Å². The summed E-state index contributed by atoms with van der Waals surface area (Å²) < 4.78 is 28.8. The van der Waals surface area contributed by atoms with E-state index in [0.29, 0.717) is 24.8 Å². The number of amides is 1. The van der Waals surface area contributed by atoms with Crippen LogP contribution in [0.5, 0.6) is 0 Å². The third-order valence-corrected chi connectivity index (χ3v) is 5.15. The van der Waals surface area contributed by atoms with Crippen molar-refractivity contribution in [1.82, 2.24) is 5.32 Å². The summed E-state index contributed by atoms with van der Waals surface area (Å²) >= 11 is 0. The van der Waals surface area contributed by atoms with Crippen LogP contribution in [0, 0.1) is 0 Å². The summed E-state index contributed by atoms with van der Waals surface area (Å²) in [5, 5.41) is 2.80. The molecular weight excluding hydrogens is 314 g/mol. The van der Waals surface area contributed by atoms with Crippen LogP contribution in [0.25, 0.3) is 0 Å². The lowest BCUT2D eigenvalue weighted by atomic mass is 9.98. The van der Waals surface area contributed by atoms with E-state index in [9.17, 15) is 13.2 Å². The van der Waals surface area contributed by atoms with Gasteiger partial charge in [-0.05, 0) is 37.5 Å². The van der Waals surface area contributed by atoms with Crippen molar-refractivity contribution < 1.29 is 17.9 Å². The first-order valence-corrected chi connectivity index (χ1v) is 10.1. The average molecular weight is 339 g/mol. The van der Waals surface area contributed by atoms with Gasteiger partial charge < -0.3 is 10.1 Å². The van der Waals surface area contributed by atoms with Crippen LogP contribution in [-0.2, 0) is 14.6 Å². The number of hydrogen-bond acceptors (Lipinski definition) is 4. The normalized spacial score (nSPS) is 16.2. The number of ether oxygens (including phenoxy) is 1. The molecule has 0 atom stereocenters. The Morgan fingerprint density at radius 2 is 2.00 bits per heavy atom. The fourth-order valence-electron chi connectivity index (χ4n) is 2.73. The molecule has 1 aliphatic rings. The third kappa shape index (κ3) is 5.95. The highest BCUT2D eigenvalue weighted by Crippen LogP contribution is 2.20.